The van der Waals surface area contributed by atoms with Crippen molar-refractivity contribution in [1.82, 2.24) is 0 Å². The average Bonchev–Trinajstić information content (AvgIpc) is 3.37. The van der Waals surface area contributed by atoms with Crippen molar-refractivity contribution in [3.05, 3.63) is 35.5 Å². The first-order valence-electron chi connectivity index (χ1n) is 13.3. The highest BCUT2D eigenvalue weighted by molar-refractivity contribution is 5.94. The summed E-state index contributed by atoms with van der Waals surface area (Å²) in [4.78, 5) is 25.1. The molecule has 5 heteroatoms. The number of furan rings is 1. The Labute approximate surface area is 203 Å². The van der Waals surface area contributed by atoms with E-state index in [0.717, 1.165) is 49.8 Å². The number of hydrogen-bond acceptors (Lipinski definition) is 4. The number of allylic oxidation sites excluding steroid dienone is 2. The van der Waals surface area contributed by atoms with Crippen LogP contribution in [0.2, 0.25) is 0 Å². The first kappa shape index (κ1) is 23.7. The van der Waals surface area contributed by atoms with Gasteiger partial charge in [0.05, 0.1) is 12.2 Å². The second kappa shape index (κ2) is 8.27. The lowest BCUT2D eigenvalue weighted by atomic mass is 9.45. The molecule has 0 amide bonds. The number of aliphatic hydroxyl groups is 1. The standard InChI is InChI=1S/C29H40O5/c1-16(2)18-10-12-34-26(18)14-20(27(32)33)22-8-7-21-19-6-5-17-13-24(30)25(31)15-29(17,4)23(19)9-11-28(21,22)3/h10,12-13,16-17,19-23,30H,5-9,11,14-15H2,1-4H3,(H,32,33)/t17-,19+,20-,21+,22-,23+,28+,29+/m1/s1. The maximum Gasteiger partial charge on any atom is 0.307 e. The minimum atomic E-state index is -0.700. The van der Waals surface area contributed by atoms with Gasteiger partial charge in [0.25, 0.3) is 0 Å². The molecule has 0 aliphatic heterocycles. The van der Waals surface area contributed by atoms with Gasteiger partial charge in [-0.15, -0.1) is 0 Å². The van der Waals surface area contributed by atoms with E-state index in [1.807, 2.05) is 12.1 Å². The number of carboxylic acids is 1. The summed E-state index contributed by atoms with van der Waals surface area (Å²) in [5, 5.41) is 20.4. The lowest BCUT2D eigenvalue weighted by Gasteiger charge is -2.59. The summed E-state index contributed by atoms with van der Waals surface area (Å²) in [7, 11) is 0. The van der Waals surface area contributed by atoms with Crippen LogP contribution in [0.4, 0.5) is 0 Å². The van der Waals surface area contributed by atoms with Crippen LogP contribution in [0.25, 0.3) is 0 Å². The second-order valence-corrected chi connectivity index (χ2v) is 12.5. The van der Waals surface area contributed by atoms with Crippen molar-refractivity contribution >= 4 is 11.8 Å². The molecule has 34 heavy (non-hydrogen) atoms. The maximum atomic E-state index is 12.6. The normalized spacial score (nSPS) is 40.3. The second-order valence-electron chi connectivity index (χ2n) is 12.5. The smallest absolute Gasteiger partial charge is 0.307 e. The van der Waals surface area contributed by atoms with Crippen LogP contribution in [0.5, 0.6) is 0 Å². The predicted molar refractivity (Wildman–Crippen MR) is 129 cm³/mol. The molecule has 3 fully saturated rings. The third-order valence-electron chi connectivity index (χ3n) is 10.8. The van der Waals surface area contributed by atoms with Crippen molar-refractivity contribution in [1.29, 1.82) is 0 Å². The van der Waals surface area contributed by atoms with Gasteiger partial charge in [-0.3, -0.25) is 9.59 Å². The van der Waals surface area contributed by atoms with Crippen LogP contribution in [0.15, 0.2) is 28.6 Å². The highest BCUT2D eigenvalue weighted by Crippen LogP contribution is 2.67. The van der Waals surface area contributed by atoms with Gasteiger partial charge >= 0.3 is 5.97 Å². The number of rotatable bonds is 5. The summed E-state index contributed by atoms with van der Waals surface area (Å²) >= 11 is 0. The number of aliphatic hydroxyl groups excluding tert-OH is 1. The van der Waals surface area contributed by atoms with E-state index >= 15 is 0 Å². The minimum absolute atomic E-state index is 0.00859. The number of carboxylic acid groups (broad SMARTS) is 1. The Morgan fingerprint density at radius 2 is 1.85 bits per heavy atom. The number of ketones is 1. The van der Waals surface area contributed by atoms with Gasteiger partial charge in [0, 0.05) is 12.8 Å². The molecule has 1 aromatic heterocycles. The van der Waals surface area contributed by atoms with E-state index < -0.39 is 11.9 Å². The zero-order valence-corrected chi connectivity index (χ0v) is 21.0. The Hall–Kier alpha value is -2.04. The highest BCUT2D eigenvalue weighted by Gasteiger charge is 2.61. The molecule has 0 saturated heterocycles. The van der Waals surface area contributed by atoms with E-state index in [2.05, 4.69) is 27.7 Å². The van der Waals surface area contributed by atoms with Crippen LogP contribution in [-0.2, 0) is 16.0 Å². The fourth-order valence-electron chi connectivity index (χ4n) is 9.08. The minimum Gasteiger partial charge on any atom is -0.505 e. The molecule has 0 aromatic carbocycles. The molecule has 2 N–H and O–H groups in total. The zero-order valence-electron chi connectivity index (χ0n) is 21.0. The van der Waals surface area contributed by atoms with Crippen molar-refractivity contribution in [3.8, 4) is 0 Å². The van der Waals surface area contributed by atoms with Gasteiger partial charge in [0.2, 0.25) is 0 Å². The predicted octanol–water partition coefficient (Wildman–Crippen LogP) is 6.54. The van der Waals surface area contributed by atoms with Gasteiger partial charge in [0.15, 0.2) is 11.5 Å². The van der Waals surface area contributed by atoms with Crippen LogP contribution >= 0.6 is 0 Å². The summed E-state index contributed by atoms with van der Waals surface area (Å²) < 4.78 is 5.79. The number of carbonyl (C=O) groups is 2. The van der Waals surface area contributed by atoms with Crippen LogP contribution < -0.4 is 0 Å². The lowest BCUT2D eigenvalue weighted by molar-refractivity contribution is -0.149. The molecule has 0 bridgehead atoms. The summed E-state index contributed by atoms with van der Waals surface area (Å²) in [6, 6.07) is 1.99. The van der Waals surface area contributed by atoms with E-state index in [1.165, 1.54) is 0 Å². The Morgan fingerprint density at radius 3 is 2.56 bits per heavy atom. The summed E-state index contributed by atoms with van der Waals surface area (Å²) in [6.45, 7) is 8.88. The summed E-state index contributed by atoms with van der Waals surface area (Å²) in [6.07, 6.45) is 10.7. The van der Waals surface area contributed by atoms with Crippen LogP contribution in [-0.4, -0.2) is 22.0 Å². The van der Waals surface area contributed by atoms with Crippen LogP contribution in [0, 0.1) is 46.3 Å². The molecule has 4 aliphatic rings. The molecule has 186 valence electrons. The highest BCUT2D eigenvalue weighted by atomic mass is 16.4. The molecule has 1 aromatic rings. The SMILES string of the molecule is CC(C)c1ccoc1C[C@@H](C(=O)O)[C@H]1CC[C@H]2[C@@H]3CC[C@@H]4C=C(O)C(=O)C[C@]4(C)[C@H]3CC[C@]12C. The number of Topliss-reactive ketones (excluding diaryl/α,β-unsaturated/α-hetero) is 1. The van der Waals surface area contributed by atoms with Gasteiger partial charge in [-0.25, -0.2) is 0 Å². The summed E-state index contributed by atoms with van der Waals surface area (Å²) in [5.41, 5.74) is 1.05. The molecular formula is C29H40O5. The van der Waals surface area contributed by atoms with Crippen molar-refractivity contribution in [2.75, 3.05) is 0 Å². The van der Waals surface area contributed by atoms with Gasteiger partial charge in [-0.2, -0.15) is 0 Å². The van der Waals surface area contributed by atoms with E-state index in [9.17, 15) is 19.8 Å². The van der Waals surface area contributed by atoms with Crippen LogP contribution in [0.1, 0.15) is 89.9 Å². The largest absolute Gasteiger partial charge is 0.505 e. The number of fused-ring (bicyclic) bond motifs is 5. The van der Waals surface area contributed by atoms with E-state index in [-0.39, 0.29) is 34.2 Å². The number of aliphatic carboxylic acids is 1. The Bertz CT molecular complexity index is 1000. The molecule has 0 radical (unpaired) electrons. The van der Waals surface area contributed by atoms with E-state index in [0.29, 0.717) is 36.5 Å². The van der Waals surface area contributed by atoms with Gasteiger partial charge in [-0.05, 0) is 103 Å². The number of hydrogen-bond donors (Lipinski definition) is 2. The van der Waals surface area contributed by atoms with Crippen molar-refractivity contribution in [3.63, 3.8) is 0 Å². The van der Waals surface area contributed by atoms with E-state index in [1.54, 1.807) is 6.26 Å². The molecule has 0 spiro atoms. The first-order valence-corrected chi connectivity index (χ1v) is 13.3. The fourth-order valence-corrected chi connectivity index (χ4v) is 9.08. The average molecular weight is 469 g/mol. The lowest BCUT2D eigenvalue weighted by Crippen LogP contribution is -2.54. The molecule has 5 nitrogen and oxygen atoms in total. The molecule has 0 unspecified atom stereocenters. The third-order valence-corrected chi connectivity index (χ3v) is 10.8. The molecule has 1 heterocycles. The molecule has 4 aliphatic carbocycles. The quantitative estimate of drug-likeness (QED) is 0.512. The number of carbonyl (C=O) groups excluding carboxylic acids is 1. The Balaban J connectivity index is 1.41. The zero-order chi connectivity index (χ0) is 24.4. The topological polar surface area (TPSA) is 87.7 Å². The molecular weight excluding hydrogens is 428 g/mol. The first-order chi connectivity index (χ1) is 16.1. The third kappa shape index (κ3) is 3.48. The van der Waals surface area contributed by atoms with Gasteiger partial charge < -0.3 is 14.6 Å². The maximum absolute atomic E-state index is 12.6. The Kier molecular flexibility index (Phi) is 5.76. The molecule has 8 atom stereocenters. The monoisotopic (exact) mass is 468 g/mol. The summed E-state index contributed by atoms with van der Waals surface area (Å²) in [5.74, 6) is 1.80. The van der Waals surface area contributed by atoms with Gasteiger partial charge in [-0.1, -0.05) is 27.7 Å². The van der Waals surface area contributed by atoms with E-state index in [4.69, 9.17) is 4.42 Å². The van der Waals surface area contributed by atoms with Crippen molar-refractivity contribution in [2.45, 2.75) is 85.0 Å². The van der Waals surface area contributed by atoms with Crippen molar-refractivity contribution < 1.29 is 24.2 Å². The molecule has 5 rings (SSSR count). The van der Waals surface area contributed by atoms with Crippen molar-refractivity contribution in [2.24, 2.45) is 46.3 Å². The fraction of sp³-hybridized carbons (Fsp3) is 0.724. The van der Waals surface area contributed by atoms with Gasteiger partial charge in [0.1, 0.15) is 5.76 Å². The molecule has 3 saturated carbocycles. The van der Waals surface area contributed by atoms with Crippen LogP contribution in [0.3, 0.4) is 0 Å². The Morgan fingerprint density at radius 1 is 1.12 bits per heavy atom.